The van der Waals surface area contributed by atoms with Crippen LogP contribution in [0, 0.1) is 5.92 Å². The summed E-state index contributed by atoms with van der Waals surface area (Å²) in [6, 6.07) is 6.77. The van der Waals surface area contributed by atoms with Gasteiger partial charge in [-0.15, -0.1) is 0 Å². The van der Waals surface area contributed by atoms with Crippen LogP contribution in [0.5, 0.6) is 0 Å². The Kier molecular flexibility index (Phi) is 6.69. The molecule has 2 fully saturated rings. The summed E-state index contributed by atoms with van der Waals surface area (Å²) >= 11 is 0. The largest absolute Gasteiger partial charge is 0.339 e. The molecule has 2 saturated heterocycles. The minimum absolute atomic E-state index is 0.103. The van der Waals surface area contributed by atoms with E-state index < -0.39 is 10.0 Å². The summed E-state index contributed by atoms with van der Waals surface area (Å²) in [5.74, 6) is 0.339. The van der Waals surface area contributed by atoms with Crippen molar-refractivity contribution >= 4 is 26.7 Å². The van der Waals surface area contributed by atoms with E-state index in [0.717, 1.165) is 32.5 Å². The van der Waals surface area contributed by atoms with Crippen molar-refractivity contribution in [1.29, 1.82) is 0 Å². The molecule has 1 aromatic carbocycles. The molecule has 0 saturated carbocycles. The molecule has 9 heteroatoms. The third kappa shape index (κ3) is 4.46. The van der Waals surface area contributed by atoms with Crippen LogP contribution in [-0.4, -0.2) is 78.8 Å². The summed E-state index contributed by atoms with van der Waals surface area (Å²) in [6.45, 7) is 8.80. The average molecular weight is 461 g/mol. The number of carbonyl (C=O) groups is 1. The first-order chi connectivity index (χ1) is 15.3. The van der Waals surface area contributed by atoms with E-state index in [9.17, 15) is 18.0 Å². The van der Waals surface area contributed by atoms with Gasteiger partial charge in [0, 0.05) is 56.2 Å². The molecule has 1 amide bonds. The highest BCUT2D eigenvalue weighted by Crippen LogP contribution is 2.27. The lowest BCUT2D eigenvalue weighted by Gasteiger charge is -2.34. The minimum Gasteiger partial charge on any atom is -0.339 e. The van der Waals surface area contributed by atoms with Gasteiger partial charge in [0.25, 0.3) is 5.56 Å². The third-order valence-electron chi connectivity index (χ3n) is 6.80. The second-order valence-electron chi connectivity index (χ2n) is 8.87. The van der Waals surface area contributed by atoms with Gasteiger partial charge in [-0.2, -0.15) is 4.31 Å². The topological polar surface area (TPSA) is 82.9 Å². The number of hydrogen-bond donors (Lipinski definition) is 0. The molecule has 0 atom stereocenters. The summed E-state index contributed by atoms with van der Waals surface area (Å²) in [4.78, 5) is 30.2. The normalized spacial score (nSPS) is 19.5. The molecule has 0 radical (unpaired) electrons. The van der Waals surface area contributed by atoms with Crippen molar-refractivity contribution in [1.82, 2.24) is 18.7 Å². The summed E-state index contributed by atoms with van der Waals surface area (Å²) in [7, 11) is -3.78. The fourth-order valence-corrected chi connectivity index (χ4v) is 6.24. The number of nitrogens with zero attached hydrogens (tertiary/aromatic N) is 4. The molecule has 2 aliphatic rings. The fourth-order valence-electron chi connectivity index (χ4n) is 4.56. The van der Waals surface area contributed by atoms with Crippen molar-refractivity contribution in [3.05, 3.63) is 40.8 Å². The molecule has 4 rings (SSSR count). The monoisotopic (exact) mass is 460 g/mol. The summed E-state index contributed by atoms with van der Waals surface area (Å²) in [6.07, 6.45) is 3.01. The Morgan fingerprint density at radius 1 is 1.00 bits per heavy atom. The molecule has 8 nitrogen and oxygen atoms in total. The van der Waals surface area contributed by atoms with Crippen molar-refractivity contribution < 1.29 is 13.2 Å². The molecule has 0 bridgehead atoms. The first kappa shape index (κ1) is 22.9. The summed E-state index contributed by atoms with van der Waals surface area (Å²) in [5, 5.41) is 0.735. The number of carbonyl (C=O) groups excluding carboxylic acids is 1. The number of fused-ring (bicyclic) bond motifs is 1. The predicted molar refractivity (Wildman–Crippen MR) is 124 cm³/mol. The summed E-state index contributed by atoms with van der Waals surface area (Å²) in [5.41, 5.74) is -0.340. The van der Waals surface area contributed by atoms with E-state index in [0.29, 0.717) is 42.9 Å². The smallest absolute Gasteiger partial charge is 0.258 e. The highest BCUT2D eigenvalue weighted by molar-refractivity contribution is 7.89. The Hall–Kier alpha value is -2.23. The standard InChI is InChI=1S/C23H32N4O4S/c1-3-24-12-14-25(15-13-24)22(28)17-26-16-21(19-6-4-5-7-20(19)23(26)29)32(30,31)27-10-8-18(2)9-11-27/h4-7,16,18H,3,8-15,17H2,1-2H3. The van der Waals surface area contributed by atoms with E-state index in [-0.39, 0.29) is 22.9 Å². The van der Waals surface area contributed by atoms with Gasteiger partial charge in [-0.1, -0.05) is 32.0 Å². The zero-order chi connectivity index (χ0) is 22.9. The van der Waals surface area contributed by atoms with Crippen LogP contribution >= 0.6 is 0 Å². The van der Waals surface area contributed by atoms with E-state index in [1.165, 1.54) is 15.1 Å². The number of piperazine rings is 1. The van der Waals surface area contributed by atoms with Crippen LogP contribution in [0.4, 0.5) is 0 Å². The third-order valence-corrected chi connectivity index (χ3v) is 8.72. The van der Waals surface area contributed by atoms with Gasteiger partial charge in [0.05, 0.1) is 0 Å². The maximum atomic E-state index is 13.5. The number of piperidine rings is 1. The van der Waals surface area contributed by atoms with Crippen LogP contribution < -0.4 is 5.56 Å². The highest BCUT2D eigenvalue weighted by Gasteiger charge is 2.31. The van der Waals surface area contributed by atoms with Crippen molar-refractivity contribution in [2.75, 3.05) is 45.8 Å². The summed E-state index contributed by atoms with van der Waals surface area (Å²) < 4.78 is 29.9. The van der Waals surface area contributed by atoms with E-state index in [1.807, 2.05) is 0 Å². The Morgan fingerprint density at radius 3 is 2.25 bits per heavy atom. The Balaban J connectivity index is 1.68. The first-order valence-corrected chi connectivity index (χ1v) is 12.9. The van der Waals surface area contributed by atoms with E-state index in [2.05, 4.69) is 18.7 Å². The lowest BCUT2D eigenvalue weighted by Crippen LogP contribution is -2.49. The molecule has 3 heterocycles. The zero-order valence-corrected chi connectivity index (χ0v) is 19.7. The molecular weight excluding hydrogens is 428 g/mol. The molecule has 0 N–H and O–H groups in total. The number of aromatic nitrogens is 1. The van der Waals surface area contributed by atoms with Crippen molar-refractivity contribution in [3.8, 4) is 0 Å². The highest BCUT2D eigenvalue weighted by atomic mass is 32.2. The molecule has 0 spiro atoms. The number of pyridine rings is 1. The molecule has 32 heavy (non-hydrogen) atoms. The first-order valence-electron chi connectivity index (χ1n) is 11.4. The maximum absolute atomic E-state index is 13.5. The second kappa shape index (κ2) is 9.33. The quantitative estimate of drug-likeness (QED) is 0.677. The van der Waals surface area contributed by atoms with Gasteiger partial charge in [0.15, 0.2) is 0 Å². The number of hydrogen-bond acceptors (Lipinski definition) is 5. The van der Waals surface area contributed by atoms with Gasteiger partial charge >= 0.3 is 0 Å². The average Bonchev–Trinajstić information content (AvgIpc) is 2.81. The van der Waals surface area contributed by atoms with Crippen LogP contribution in [0.2, 0.25) is 0 Å². The Labute approximate surface area is 189 Å². The molecule has 174 valence electrons. The van der Waals surface area contributed by atoms with Crippen molar-refractivity contribution in [2.24, 2.45) is 5.92 Å². The lowest BCUT2D eigenvalue weighted by atomic mass is 10.0. The Morgan fingerprint density at radius 2 is 1.62 bits per heavy atom. The molecular formula is C23H32N4O4S. The number of sulfonamides is 1. The molecule has 2 aliphatic heterocycles. The maximum Gasteiger partial charge on any atom is 0.258 e. The van der Waals surface area contributed by atoms with Gasteiger partial charge in [-0.05, 0) is 31.4 Å². The van der Waals surface area contributed by atoms with E-state index >= 15 is 0 Å². The van der Waals surface area contributed by atoms with Crippen molar-refractivity contribution in [3.63, 3.8) is 0 Å². The number of benzene rings is 1. The predicted octanol–water partition coefficient (Wildman–Crippen LogP) is 1.59. The fraction of sp³-hybridized carbons (Fsp3) is 0.565. The minimum atomic E-state index is -3.78. The van der Waals surface area contributed by atoms with Crippen LogP contribution in [-0.2, 0) is 21.4 Å². The van der Waals surface area contributed by atoms with Crippen molar-refractivity contribution in [2.45, 2.75) is 38.1 Å². The number of likely N-dealkylation sites (N-methyl/N-ethyl adjacent to an activating group) is 1. The number of rotatable bonds is 5. The zero-order valence-electron chi connectivity index (χ0n) is 18.9. The SMILES string of the molecule is CCN1CCN(C(=O)Cn2cc(S(=O)(=O)N3CCC(C)CC3)c3ccccc3c2=O)CC1. The Bertz CT molecular complexity index is 1140. The van der Waals surface area contributed by atoms with Crippen LogP contribution in [0.1, 0.15) is 26.7 Å². The molecule has 0 unspecified atom stereocenters. The molecule has 1 aromatic heterocycles. The lowest BCUT2D eigenvalue weighted by molar-refractivity contribution is -0.133. The van der Waals surface area contributed by atoms with Gasteiger partial charge in [0.1, 0.15) is 11.4 Å². The van der Waals surface area contributed by atoms with E-state index in [4.69, 9.17) is 0 Å². The van der Waals surface area contributed by atoms with Gasteiger partial charge in [0.2, 0.25) is 15.9 Å². The van der Waals surface area contributed by atoms with Crippen LogP contribution in [0.3, 0.4) is 0 Å². The molecule has 0 aliphatic carbocycles. The molecule has 2 aromatic rings. The van der Waals surface area contributed by atoms with Crippen LogP contribution in [0.15, 0.2) is 40.2 Å². The second-order valence-corrected chi connectivity index (χ2v) is 10.8. The number of amides is 1. The van der Waals surface area contributed by atoms with Crippen LogP contribution in [0.25, 0.3) is 10.8 Å². The van der Waals surface area contributed by atoms with Gasteiger partial charge < -0.3 is 14.4 Å². The van der Waals surface area contributed by atoms with Gasteiger partial charge in [-0.25, -0.2) is 8.42 Å². The van der Waals surface area contributed by atoms with E-state index in [1.54, 1.807) is 29.2 Å². The van der Waals surface area contributed by atoms with Gasteiger partial charge in [-0.3, -0.25) is 9.59 Å².